The predicted octanol–water partition coefficient (Wildman–Crippen LogP) is 3.83. The van der Waals surface area contributed by atoms with Crippen molar-refractivity contribution < 1.29 is 9.21 Å². The molecule has 4 rings (SSSR count). The number of nitrogens with one attached hydrogen (secondary N) is 1. The molecule has 1 unspecified atom stereocenters. The quantitative estimate of drug-likeness (QED) is 0.690. The Labute approximate surface area is 155 Å². The van der Waals surface area contributed by atoms with Crippen LogP contribution in [0.1, 0.15) is 19.8 Å². The van der Waals surface area contributed by atoms with Gasteiger partial charge in [-0.3, -0.25) is 4.68 Å². The summed E-state index contributed by atoms with van der Waals surface area (Å²) in [6.07, 6.45) is 5.69. The number of aromatic nitrogens is 3. The highest BCUT2D eigenvalue weighted by Gasteiger charge is 2.29. The summed E-state index contributed by atoms with van der Waals surface area (Å²) < 4.78 is 7.60. The zero-order valence-electron chi connectivity index (χ0n) is 14.6. The van der Waals surface area contributed by atoms with Crippen molar-refractivity contribution >= 4 is 34.6 Å². The lowest BCUT2D eigenvalue weighted by Crippen LogP contribution is -2.40. The summed E-state index contributed by atoms with van der Waals surface area (Å²) in [7, 11) is 0. The maximum Gasteiger partial charge on any atom is 0.322 e. The number of hydrogen-bond acceptors (Lipinski definition) is 5. The van der Waals surface area contributed by atoms with E-state index >= 15 is 0 Å². The van der Waals surface area contributed by atoms with E-state index in [1.165, 1.54) is 0 Å². The maximum atomic E-state index is 12.7. The standard InChI is InChI=1S/C18H21N5O2S/c1-2-26-18-21-15-7-6-13(11-16(15)25-18)20-17(24)23-10-3-5-14(23)12-22-9-4-8-19-22/h4,6-9,11,14H,2-3,5,10,12H2,1H3,(H,20,24). The Hall–Kier alpha value is -2.48. The molecule has 0 bridgehead atoms. The number of amides is 2. The lowest BCUT2D eigenvalue weighted by Gasteiger charge is -2.25. The van der Waals surface area contributed by atoms with Crippen LogP contribution in [0.3, 0.4) is 0 Å². The second kappa shape index (κ2) is 7.41. The zero-order chi connectivity index (χ0) is 17.9. The normalized spacial score (nSPS) is 17.1. The SMILES string of the molecule is CCSc1nc2ccc(NC(=O)N3CCCC3Cn3cccn3)cc2o1. The van der Waals surface area contributed by atoms with Gasteiger partial charge in [-0.15, -0.1) is 0 Å². The molecular weight excluding hydrogens is 350 g/mol. The van der Waals surface area contributed by atoms with Crippen LogP contribution in [0.25, 0.3) is 11.1 Å². The lowest BCUT2D eigenvalue weighted by atomic mass is 10.2. The number of hydrogen-bond donors (Lipinski definition) is 1. The van der Waals surface area contributed by atoms with E-state index in [0.29, 0.717) is 10.8 Å². The minimum absolute atomic E-state index is 0.0818. The van der Waals surface area contributed by atoms with Crippen molar-refractivity contribution in [3.8, 4) is 0 Å². The Balaban J connectivity index is 1.45. The molecular formula is C18H21N5O2S. The summed E-state index contributed by atoms with van der Waals surface area (Å²) in [5.41, 5.74) is 2.21. The van der Waals surface area contributed by atoms with Crippen molar-refractivity contribution in [2.75, 3.05) is 17.6 Å². The highest BCUT2D eigenvalue weighted by molar-refractivity contribution is 7.99. The molecule has 136 valence electrons. The first-order valence-corrected chi connectivity index (χ1v) is 9.80. The molecule has 1 aliphatic rings. The minimum Gasteiger partial charge on any atom is -0.431 e. The van der Waals surface area contributed by atoms with Gasteiger partial charge in [0.05, 0.1) is 12.6 Å². The van der Waals surface area contributed by atoms with Crippen LogP contribution in [0.15, 0.2) is 46.3 Å². The fourth-order valence-electron chi connectivity index (χ4n) is 3.28. The van der Waals surface area contributed by atoms with Crippen LogP contribution in [-0.2, 0) is 6.54 Å². The van der Waals surface area contributed by atoms with Gasteiger partial charge in [-0.2, -0.15) is 5.10 Å². The molecule has 2 aromatic heterocycles. The van der Waals surface area contributed by atoms with E-state index in [0.717, 1.165) is 42.9 Å². The fraction of sp³-hybridized carbons (Fsp3) is 0.389. The molecule has 1 aromatic carbocycles. The van der Waals surface area contributed by atoms with Gasteiger partial charge in [-0.1, -0.05) is 18.7 Å². The van der Waals surface area contributed by atoms with Crippen LogP contribution < -0.4 is 5.32 Å². The first kappa shape index (κ1) is 17.0. The van der Waals surface area contributed by atoms with Crippen LogP contribution in [0, 0.1) is 0 Å². The Morgan fingerprint density at radius 2 is 2.38 bits per heavy atom. The number of likely N-dealkylation sites (tertiary alicyclic amines) is 1. The van der Waals surface area contributed by atoms with Gasteiger partial charge >= 0.3 is 6.03 Å². The molecule has 7 nitrogen and oxygen atoms in total. The molecule has 0 radical (unpaired) electrons. The molecule has 26 heavy (non-hydrogen) atoms. The molecule has 3 aromatic rings. The van der Waals surface area contributed by atoms with Crippen molar-refractivity contribution in [1.82, 2.24) is 19.7 Å². The van der Waals surface area contributed by atoms with Gasteiger partial charge in [0.1, 0.15) is 5.52 Å². The summed E-state index contributed by atoms with van der Waals surface area (Å²) in [5, 5.41) is 7.89. The smallest absolute Gasteiger partial charge is 0.322 e. The Morgan fingerprint density at radius 3 is 3.19 bits per heavy atom. The highest BCUT2D eigenvalue weighted by atomic mass is 32.2. The van der Waals surface area contributed by atoms with Gasteiger partial charge in [0, 0.05) is 30.7 Å². The first-order valence-electron chi connectivity index (χ1n) is 8.81. The number of fused-ring (bicyclic) bond motifs is 1. The lowest BCUT2D eigenvalue weighted by molar-refractivity contribution is 0.199. The molecule has 2 amide bonds. The molecule has 1 aliphatic heterocycles. The van der Waals surface area contributed by atoms with E-state index in [4.69, 9.17) is 4.42 Å². The first-order chi connectivity index (χ1) is 12.7. The van der Waals surface area contributed by atoms with Gasteiger partial charge < -0.3 is 14.6 Å². The molecule has 1 saturated heterocycles. The summed E-state index contributed by atoms with van der Waals surface area (Å²) >= 11 is 1.56. The molecule has 0 spiro atoms. The van der Waals surface area contributed by atoms with E-state index in [1.807, 2.05) is 40.0 Å². The molecule has 3 heterocycles. The van der Waals surface area contributed by atoms with E-state index in [-0.39, 0.29) is 12.1 Å². The van der Waals surface area contributed by atoms with E-state index < -0.39 is 0 Å². The molecule has 0 aliphatic carbocycles. The molecule has 1 N–H and O–H groups in total. The number of carbonyl (C=O) groups is 1. The van der Waals surface area contributed by atoms with E-state index in [1.54, 1.807) is 18.0 Å². The van der Waals surface area contributed by atoms with Crippen LogP contribution in [-0.4, -0.2) is 44.0 Å². The minimum atomic E-state index is -0.0818. The second-order valence-corrected chi connectivity index (χ2v) is 7.46. The Bertz CT molecular complexity index is 892. The highest BCUT2D eigenvalue weighted by Crippen LogP contribution is 2.26. The number of carbonyl (C=O) groups excluding carboxylic acids is 1. The third-order valence-corrected chi connectivity index (χ3v) is 5.19. The summed E-state index contributed by atoms with van der Waals surface area (Å²) in [5.74, 6) is 0.906. The Morgan fingerprint density at radius 1 is 1.46 bits per heavy atom. The number of rotatable bonds is 5. The maximum absolute atomic E-state index is 12.7. The zero-order valence-corrected chi connectivity index (χ0v) is 15.4. The van der Waals surface area contributed by atoms with Crippen molar-refractivity contribution in [2.24, 2.45) is 0 Å². The number of thioether (sulfide) groups is 1. The Kier molecular flexibility index (Phi) is 4.83. The third kappa shape index (κ3) is 3.55. The van der Waals surface area contributed by atoms with Gasteiger partial charge in [0.25, 0.3) is 5.22 Å². The van der Waals surface area contributed by atoms with Crippen molar-refractivity contribution in [1.29, 1.82) is 0 Å². The van der Waals surface area contributed by atoms with Crippen LogP contribution in [0.2, 0.25) is 0 Å². The largest absolute Gasteiger partial charge is 0.431 e. The van der Waals surface area contributed by atoms with E-state index in [9.17, 15) is 4.79 Å². The predicted molar refractivity (Wildman–Crippen MR) is 101 cm³/mol. The monoisotopic (exact) mass is 371 g/mol. The van der Waals surface area contributed by atoms with Gasteiger partial charge in [0.2, 0.25) is 0 Å². The van der Waals surface area contributed by atoms with Gasteiger partial charge in [-0.25, -0.2) is 9.78 Å². The second-order valence-electron chi connectivity index (χ2n) is 6.24. The number of urea groups is 1. The summed E-state index contributed by atoms with van der Waals surface area (Å²) in [6.45, 7) is 3.54. The van der Waals surface area contributed by atoms with Gasteiger partial charge in [0.15, 0.2) is 5.58 Å². The molecule has 8 heteroatoms. The van der Waals surface area contributed by atoms with Crippen LogP contribution in [0.5, 0.6) is 0 Å². The number of anilines is 1. The van der Waals surface area contributed by atoms with Crippen LogP contribution in [0.4, 0.5) is 10.5 Å². The number of nitrogens with zero attached hydrogens (tertiary/aromatic N) is 4. The molecule has 0 saturated carbocycles. The topological polar surface area (TPSA) is 76.2 Å². The fourth-order valence-corrected chi connectivity index (χ4v) is 3.84. The average molecular weight is 371 g/mol. The number of oxazole rings is 1. The summed E-state index contributed by atoms with van der Waals surface area (Å²) in [6, 6.07) is 7.55. The van der Waals surface area contributed by atoms with Crippen LogP contribution >= 0.6 is 11.8 Å². The third-order valence-electron chi connectivity index (χ3n) is 4.48. The van der Waals surface area contributed by atoms with Crippen molar-refractivity contribution in [3.05, 3.63) is 36.7 Å². The molecule has 1 atom stereocenters. The average Bonchev–Trinajstić information content (AvgIpc) is 3.35. The van der Waals surface area contributed by atoms with E-state index in [2.05, 4.69) is 22.3 Å². The van der Waals surface area contributed by atoms with Crippen molar-refractivity contribution in [3.63, 3.8) is 0 Å². The molecule has 1 fully saturated rings. The van der Waals surface area contributed by atoms with Crippen molar-refractivity contribution in [2.45, 2.75) is 37.6 Å². The summed E-state index contributed by atoms with van der Waals surface area (Å²) in [4.78, 5) is 19.0. The number of benzene rings is 1. The van der Waals surface area contributed by atoms with Gasteiger partial charge in [-0.05, 0) is 36.8 Å².